The van der Waals surface area contributed by atoms with E-state index in [0.29, 0.717) is 0 Å². The van der Waals surface area contributed by atoms with Gasteiger partial charge in [-0.25, -0.2) is 4.79 Å². The molecule has 3 N–H and O–H groups in total. The number of carbonyl (C=O) groups is 2. The Kier molecular flexibility index (Phi) is 1.33. The number of carboxylic acids is 1. The number of aliphatic hydroxyl groups is 1. The lowest BCUT2D eigenvalue weighted by Gasteiger charge is -1.98. The standard InChI is InChI=1S/C5H5NO4/c7-3-1-2(5(9)10)6-4(3)8/h1-2,7H,(H,6,8)(H,9,10). The lowest BCUT2D eigenvalue weighted by atomic mass is 10.3. The van der Waals surface area contributed by atoms with Crippen molar-refractivity contribution < 1.29 is 19.8 Å². The van der Waals surface area contributed by atoms with Crippen molar-refractivity contribution in [1.29, 1.82) is 0 Å². The average Bonchev–Trinajstić information content (AvgIpc) is 2.13. The van der Waals surface area contributed by atoms with Gasteiger partial charge in [-0.3, -0.25) is 4.79 Å². The van der Waals surface area contributed by atoms with E-state index in [1.165, 1.54) is 0 Å². The number of rotatable bonds is 1. The fourth-order valence-electron chi connectivity index (χ4n) is 0.623. The molecule has 5 nitrogen and oxygen atoms in total. The Morgan fingerprint density at radius 3 is 2.50 bits per heavy atom. The zero-order valence-corrected chi connectivity index (χ0v) is 4.87. The van der Waals surface area contributed by atoms with Gasteiger partial charge in [0.05, 0.1) is 0 Å². The van der Waals surface area contributed by atoms with Gasteiger partial charge in [-0.1, -0.05) is 0 Å². The third kappa shape index (κ3) is 0.928. The van der Waals surface area contributed by atoms with Crippen LogP contribution in [0.2, 0.25) is 0 Å². The molecule has 54 valence electrons. The summed E-state index contributed by atoms with van der Waals surface area (Å²) < 4.78 is 0. The summed E-state index contributed by atoms with van der Waals surface area (Å²) in [5, 5.41) is 18.9. The van der Waals surface area contributed by atoms with Crippen LogP contribution >= 0.6 is 0 Å². The Bertz CT molecular complexity index is 220. The maximum absolute atomic E-state index is 10.4. The minimum atomic E-state index is -1.18. The van der Waals surface area contributed by atoms with Gasteiger partial charge >= 0.3 is 5.97 Å². The maximum atomic E-state index is 10.4. The van der Waals surface area contributed by atoms with Crippen LogP contribution in [0.1, 0.15) is 0 Å². The minimum Gasteiger partial charge on any atom is -0.503 e. The number of hydrogen-bond donors (Lipinski definition) is 3. The van der Waals surface area contributed by atoms with Crippen molar-refractivity contribution in [3.05, 3.63) is 11.8 Å². The van der Waals surface area contributed by atoms with Gasteiger partial charge in [0.15, 0.2) is 5.76 Å². The van der Waals surface area contributed by atoms with Crippen molar-refractivity contribution >= 4 is 11.9 Å². The van der Waals surface area contributed by atoms with Crippen LogP contribution in [0.5, 0.6) is 0 Å². The van der Waals surface area contributed by atoms with Crippen molar-refractivity contribution in [1.82, 2.24) is 5.32 Å². The van der Waals surface area contributed by atoms with Gasteiger partial charge in [-0.15, -0.1) is 0 Å². The zero-order chi connectivity index (χ0) is 7.72. The molecule has 0 aromatic carbocycles. The lowest BCUT2D eigenvalue weighted by molar-refractivity contribution is -0.139. The highest BCUT2D eigenvalue weighted by molar-refractivity contribution is 5.98. The molecule has 0 radical (unpaired) electrons. The first-order chi connectivity index (χ1) is 4.61. The molecule has 0 spiro atoms. The molecule has 1 atom stereocenters. The second-order valence-electron chi connectivity index (χ2n) is 1.84. The van der Waals surface area contributed by atoms with Gasteiger partial charge in [0, 0.05) is 0 Å². The van der Waals surface area contributed by atoms with Crippen LogP contribution in [0.4, 0.5) is 0 Å². The Morgan fingerprint density at radius 1 is 1.70 bits per heavy atom. The quantitative estimate of drug-likeness (QED) is 0.440. The highest BCUT2D eigenvalue weighted by Crippen LogP contribution is 2.02. The van der Waals surface area contributed by atoms with Crippen molar-refractivity contribution in [2.24, 2.45) is 0 Å². The third-order valence-corrected chi connectivity index (χ3v) is 1.11. The van der Waals surface area contributed by atoms with Crippen molar-refractivity contribution in [2.75, 3.05) is 0 Å². The Balaban J connectivity index is 2.74. The minimum absolute atomic E-state index is 0.535. The molecule has 0 fully saturated rings. The van der Waals surface area contributed by atoms with E-state index in [-0.39, 0.29) is 0 Å². The normalized spacial score (nSPS) is 23.8. The Morgan fingerprint density at radius 2 is 2.30 bits per heavy atom. The summed E-state index contributed by atoms with van der Waals surface area (Å²) in [4.78, 5) is 20.5. The van der Waals surface area contributed by atoms with E-state index in [1.807, 2.05) is 5.32 Å². The molecule has 1 rings (SSSR count). The van der Waals surface area contributed by atoms with Crippen molar-refractivity contribution in [3.8, 4) is 0 Å². The van der Waals surface area contributed by atoms with Crippen molar-refractivity contribution in [2.45, 2.75) is 6.04 Å². The van der Waals surface area contributed by atoms with Gasteiger partial charge < -0.3 is 15.5 Å². The molecule has 0 aromatic rings. The second-order valence-corrected chi connectivity index (χ2v) is 1.84. The summed E-state index contributed by atoms with van der Waals surface area (Å²) in [6.45, 7) is 0. The third-order valence-electron chi connectivity index (χ3n) is 1.11. The van der Waals surface area contributed by atoms with E-state index in [1.54, 1.807) is 0 Å². The van der Waals surface area contributed by atoms with Crippen LogP contribution in [0.25, 0.3) is 0 Å². The maximum Gasteiger partial charge on any atom is 0.330 e. The topological polar surface area (TPSA) is 86.6 Å². The molecule has 0 aromatic heterocycles. The van der Waals surface area contributed by atoms with E-state index in [4.69, 9.17) is 10.2 Å². The number of carbonyl (C=O) groups excluding carboxylic acids is 1. The predicted molar refractivity (Wildman–Crippen MR) is 30.3 cm³/mol. The van der Waals surface area contributed by atoms with E-state index in [0.717, 1.165) is 6.08 Å². The van der Waals surface area contributed by atoms with E-state index < -0.39 is 23.7 Å². The molecule has 1 heterocycles. The summed E-state index contributed by atoms with van der Waals surface area (Å²) in [5.74, 6) is -2.46. The number of amides is 1. The van der Waals surface area contributed by atoms with Crippen LogP contribution < -0.4 is 5.32 Å². The first kappa shape index (κ1) is 6.60. The SMILES string of the molecule is O=C1NC(C(=O)O)C=C1O. The van der Waals surface area contributed by atoms with E-state index >= 15 is 0 Å². The lowest BCUT2D eigenvalue weighted by Crippen LogP contribution is -2.33. The summed E-state index contributed by atoms with van der Waals surface area (Å²) in [7, 11) is 0. The Hall–Kier alpha value is -1.52. The number of carboxylic acid groups (broad SMARTS) is 1. The first-order valence-corrected chi connectivity index (χ1v) is 2.55. The molecule has 5 heteroatoms. The number of aliphatic carboxylic acids is 1. The molecule has 10 heavy (non-hydrogen) atoms. The zero-order valence-electron chi connectivity index (χ0n) is 4.87. The molecule has 1 unspecified atom stereocenters. The first-order valence-electron chi connectivity index (χ1n) is 2.55. The van der Waals surface area contributed by atoms with Gasteiger partial charge in [0.2, 0.25) is 0 Å². The van der Waals surface area contributed by atoms with Gasteiger partial charge in [-0.05, 0) is 6.08 Å². The molecule has 0 saturated heterocycles. The Labute approximate surface area is 56.0 Å². The largest absolute Gasteiger partial charge is 0.503 e. The summed E-state index contributed by atoms with van der Waals surface area (Å²) in [6, 6.07) is -1.08. The molecular weight excluding hydrogens is 138 g/mol. The molecule has 1 aliphatic heterocycles. The van der Waals surface area contributed by atoms with Gasteiger partial charge in [-0.2, -0.15) is 0 Å². The summed E-state index contributed by atoms with van der Waals surface area (Å²) in [5.41, 5.74) is 0. The number of hydrogen-bond acceptors (Lipinski definition) is 3. The molecular formula is C5H5NO4. The highest BCUT2D eigenvalue weighted by atomic mass is 16.4. The van der Waals surface area contributed by atoms with E-state index in [2.05, 4.69) is 0 Å². The van der Waals surface area contributed by atoms with Gasteiger partial charge in [0.25, 0.3) is 5.91 Å². The summed E-state index contributed by atoms with van der Waals surface area (Å²) >= 11 is 0. The van der Waals surface area contributed by atoms with Crippen LogP contribution in [0, 0.1) is 0 Å². The van der Waals surface area contributed by atoms with E-state index in [9.17, 15) is 9.59 Å². The van der Waals surface area contributed by atoms with Crippen LogP contribution in [0.15, 0.2) is 11.8 Å². The second kappa shape index (κ2) is 2.02. The molecule has 0 aliphatic carbocycles. The number of nitrogens with one attached hydrogen (secondary N) is 1. The fourth-order valence-corrected chi connectivity index (χ4v) is 0.623. The van der Waals surface area contributed by atoms with Crippen LogP contribution in [-0.2, 0) is 9.59 Å². The molecule has 1 amide bonds. The smallest absolute Gasteiger partial charge is 0.330 e. The average molecular weight is 143 g/mol. The van der Waals surface area contributed by atoms with Crippen LogP contribution in [0.3, 0.4) is 0 Å². The molecule has 1 aliphatic rings. The highest BCUT2D eigenvalue weighted by Gasteiger charge is 2.27. The monoisotopic (exact) mass is 143 g/mol. The van der Waals surface area contributed by atoms with Crippen LogP contribution in [-0.4, -0.2) is 28.1 Å². The van der Waals surface area contributed by atoms with Crippen molar-refractivity contribution in [3.63, 3.8) is 0 Å². The summed E-state index contributed by atoms with van der Waals surface area (Å²) in [6.07, 6.45) is 0.949. The fraction of sp³-hybridized carbons (Fsp3) is 0.200. The number of aliphatic hydroxyl groups excluding tert-OH is 1. The molecule has 0 bridgehead atoms. The predicted octanol–water partition coefficient (Wildman–Crippen LogP) is -0.989. The molecule has 0 saturated carbocycles. The van der Waals surface area contributed by atoms with Gasteiger partial charge in [0.1, 0.15) is 6.04 Å².